The van der Waals surface area contributed by atoms with Crippen LogP contribution in [0.15, 0.2) is 41.1 Å². The SMILES string of the molecule is O=C(O)C=Cc1ccc(F)c(C(=O)NCc2ccsc2)c1. The Labute approximate surface area is 124 Å². The summed E-state index contributed by atoms with van der Waals surface area (Å²) < 4.78 is 13.7. The molecule has 4 nitrogen and oxygen atoms in total. The Morgan fingerprint density at radius 1 is 1.33 bits per heavy atom. The topological polar surface area (TPSA) is 66.4 Å². The van der Waals surface area contributed by atoms with Gasteiger partial charge < -0.3 is 10.4 Å². The van der Waals surface area contributed by atoms with Crippen LogP contribution in [0.1, 0.15) is 21.5 Å². The van der Waals surface area contributed by atoms with Crippen molar-refractivity contribution in [2.75, 3.05) is 0 Å². The smallest absolute Gasteiger partial charge is 0.328 e. The van der Waals surface area contributed by atoms with Crippen molar-refractivity contribution in [2.45, 2.75) is 6.54 Å². The van der Waals surface area contributed by atoms with Gasteiger partial charge in [0.25, 0.3) is 5.91 Å². The van der Waals surface area contributed by atoms with Crippen LogP contribution in [0, 0.1) is 5.82 Å². The van der Waals surface area contributed by atoms with Crippen molar-refractivity contribution in [3.8, 4) is 0 Å². The zero-order valence-corrected chi connectivity index (χ0v) is 11.7. The first-order chi connectivity index (χ1) is 10.1. The second kappa shape index (κ2) is 6.81. The van der Waals surface area contributed by atoms with E-state index in [1.165, 1.54) is 29.5 Å². The molecule has 1 aromatic carbocycles. The lowest BCUT2D eigenvalue weighted by molar-refractivity contribution is -0.131. The Morgan fingerprint density at radius 3 is 2.81 bits per heavy atom. The van der Waals surface area contributed by atoms with Crippen molar-refractivity contribution in [2.24, 2.45) is 0 Å². The maximum absolute atomic E-state index is 13.7. The number of hydrogen-bond acceptors (Lipinski definition) is 3. The first-order valence-corrected chi connectivity index (χ1v) is 7.00. The number of benzene rings is 1. The molecule has 2 aromatic rings. The fourth-order valence-electron chi connectivity index (χ4n) is 1.66. The molecule has 21 heavy (non-hydrogen) atoms. The highest BCUT2D eigenvalue weighted by atomic mass is 32.1. The molecule has 6 heteroatoms. The number of amides is 1. The molecule has 0 aliphatic carbocycles. The van der Waals surface area contributed by atoms with Gasteiger partial charge in [-0.2, -0.15) is 11.3 Å². The Hall–Kier alpha value is -2.47. The van der Waals surface area contributed by atoms with E-state index in [1.54, 1.807) is 0 Å². The zero-order chi connectivity index (χ0) is 15.2. The molecule has 108 valence electrons. The van der Waals surface area contributed by atoms with E-state index in [0.717, 1.165) is 17.7 Å². The molecule has 0 spiro atoms. The molecule has 0 saturated heterocycles. The Morgan fingerprint density at radius 2 is 2.14 bits per heavy atom. The predicted octanol–water partition coefficient (Wildman–Crippen LogP) is 2.92. The van der Waals surface area contributed by atoms with Gasteiger partial charge in [0.1, 0.15) is 5.82 Å². The van der Waals surface area contributed by atoms with E-state index in [4.69, 9.17) is 5.11 Å². The minimum Gasteiger partial charge on any atom is -0.478 e. The van der Waals surface area contributed by atoms with Crippen molar-refractivity contribution in [3.63, 3.8) is 0 Å². The maximum atomic E-state index is 13.7. The van der Waals surface area contributed by atoms with Gasteiger partial charge in [-0.05, 0) is 46.2 Å². The first-order valence-electron chi connectivity index (χ1n) is 6.06. The predicted molar refractivity (Wildman–Crippen MR) is 78.6 cm³/mol. The monoisotopic (exact) mass is 305 g/mol. The molecule has 0 aliphatic rings. The van der Waals surface area contributed by atoms with Crippen LogP contribution in [0.4, 0.5) is 4.39 Å². The van der Waals surface area contributed by atoms with Crippen LogP contribution in [0.2, 0.25) is 0 Å². The van der Waals surface area contributed by atoms with Crippen LogP contribution in [-0.4, -0.2) is 17.0 Å². The molecule has 0 bridgehead atoms. The molecule has 1 heterocycles. The molecule has 1 aromatic heterocycles. The molecular formula is C15H12FNO3S. The van der Waals surface area contributed by atoms with Gasteiger partial charge in [-0.3, -0.25) is 4.79 Å². The highest BCUT2D eigenvalue weighted by molar-refractivity contribution is 7.07. The summed E-state index contributed by atoms with van der Waals surface area (Å²) >= 11 is 1.51. The molecule has 0 aliphatic heterocycles. The normalized spacial score (nSPS) is 10.7. The molecule has 2 rings (SSSR count). The number of nitrogens with one attached hydrogen (secondary N) is 1. The van der Waals surface area contributed by atoms with Crippen LogP contribution >= 0.6 is 11.3 Å². The van der Waals surface area contributed by atoms with Crippen LogP contribution < -0.4 is 5.32 Å². The second-order valence-corrected chi connectivity index (χ2v) is 5.01. The Kier molecular flexibility index (Phi) is 4.84. The van der Waals surface area contributed by atoms with Crippen LogP contribution in [-0.2, 0) is 11.3 Å². The Balaban J connectivity index is 2.12. The number of hydrogen-bond donors (Lipinski definition) is 2. The van der Waals surface area contributed by atoms with E-state index in [9.17, 15) is 14.0 Å². The molecular weight excluding hydrogens is 293 g/mol. The molecule has 0 saturated carbocycles. The molecule has 1 amide bonds. The lowest BCUT2D eigenvalue weighted by Gasteiger charge is -2.06. The molecule has 0 radical (unpaired) electrons. The molecule has 2 N–H and O–H groups in total. The molecule has 0 fully saturated rings. The van der Waals surface area contributed by atoms with E-state index >= 15 is 0 Å². The number of aliphatic carboxylic acids is 1. The van der Waals surface area contributed by atoms with Gasteiger partial charge >= 0.3 is 5.97 Å². The average molecular weight is 305 g/mol. The average Bonchev–Trinajstić information content (AvgIpc) is 2.97. The minimum absolute atomic E-state index is 0.113. The van der Waals surface area contributed by atoms with E-state index < -0.39 is 17.7 Å². The van der Waals surface area contributed by atoms with Gasteiger partial charge in [0.2, 0.25) is 0 Å². The third kappa shape index (κ3) is 4.25. The third-order valence-corrected chi connectivity index (χ3v) is 3.42. The summed E-state index contributed by atoms with van der Waals surface area (Å²) in [6, 6.07) is 5.73. The summed E-state index contributed by atoms with van der Waals surface area (Å²) in [5.74, 6) is -2.29. The summed E-state index contributed by atoms with van der Waals surface area (Å²) in [6.45, 7) is 0.316. The molecule has 0 atom stereocenters. The van der Waals surface area contributed by atoms with Crippen LogP contribution in [0.25, 0.3) is 6.08 Å². The van der Waals surface area contributed by atoms with E-state index in [0.29, 0.717) is 12.1 Å². The number of thiophene rings is 1. The van der Waals surface area contributed by atoms with Gasteiger partial charge in [-0.15, -0.1) is 0 Å². The van der Waals surface area contributed by atoms with Crippen molar-refractivity contribution in [3.05, 3.63) is 63.6 Å². The lowest BCUT2D eigenvalue weighted by Crippen LogP contribution is -2.23. The quantitative estimate of drug-likeness (QED) is 0.835. The minimum atomic E-state index is -1.11. The van der Waals surface area contributed by atoms with Crippen LogP contribution in [0.5, 0.6) is 0 Å². The highest BCUT2D eigenvalue weighted by Crippen LogP contribution is 2.13. The molecule has 0 unspecified atom stereocenters. The first kappa shape index (κ1) is 14.9. The number of carbonyl (C=O) groups excluding carboxylic acids is 1. The fourth-order valence-corrected chi connectivity index (χ4v) is 2.33. The number of halogens is 1. The number of carboxylic acids is 1. The number of carbonyl (C=O) groups is 2. The van der Waals surface area contributed by atoms with E-state index in [2.05, 4.69) is 5.32 Å². The summed E-state index contributed by atoms with van der Waals surface area (Å²) in [4.78, 5) is 22.4. The van der Waals surface area contributed by atoms with Gasteiger partial charge in [0.15, 0.2) is 0 Å². The van der Waals surface area contributed by atoms with Gasteiger partial charge in [-0.1, -0.05) is 6.07 Å². The summed E-state index contributed by atoms with van der Waals surface area (Å²) in [5, 5.41) is 15.0. The fraction of sp³-hybridized carbons (Fsp3) is 0.0667. The summed E-state index contributed by atoms with van der Waals surface area (Å²) in [6.07, 6.45) is 2.23. The largest absolute Gasteiger partial charge is 0.478 e. The maximum Gasteiger partial charge on any atom is 0.328 e. The van der Waals surface area contributed by atoms with Gasteiger partial charge in [0.05, 0.1) is 5.56 Å². The number of rotatable bonds is 5. The van der Waals surface area contributed by atoms with E-state index in [1.807, 2.05) is 16.8 Å². The van der Waals surface area contributed by atoms with Crippen molar-refractivity contribution in [1.82, 2.24) is 5.32 Å². The number of carboxylic acid groups (broad SMARTS) is 1. The van der Waals surface area contributed by atoms with Crippen LogP contribution in [0.3, 0.4) is 0 Å². The van der Waals surface area contributed by atoms with Gasteiger partial charge in [0, 0.05) is 12.6 Å². The van der Waals surface area contributed by atoms with Gasteiger partial charge in [-0.25, -0.2) is 9.18 Å². The summed E-state index contributed by atoms with van der Waals surface area (Å²) in [7, 11) is 0. The lowest BCUT2D eigenvalue weighted by atomic mass is 10.1. The zero-order valence-electron chi connectivity index (χ0n) is 10.9. The standard InChI is InChI=1S/C15H12FNO3S/c16-13-3-1-10(2-4-14(18)19)7-12(13)15(20)17-8-11-5-6-21-9-11/h1-7,9H,8H2,(H,17,20)(H,18,19). The second-order valence-electron chi connectivity index (χ2n) is 4.23. The summed E-state index contributed by atoms with van der Waals surface area (Å²) in [5.41, 5.74) is 1.27. The Bertz CT molecular complexity index is 680. The highest BCUT2D eigenvalue weighted by Gasteiger charge is 2.11. The third-order valence-electron chi connectivity index (χ3n) is 2.69. The van der Waals surface area contributed by atoms with Crippen molar-refractivity contribution >= 4 is 29.3 Å². The van der Waals surface area contributed by atoms with Crippen molar-refractivity contribution < 1.29 is 19.1 Å². The van der Waals surface area contributed by atoms with E-state index in [-0.39, 0.29) is 5.56 Å². The van der Waals surface area contributed by atoms with Crippen molar-refractivity contribution in [1.29, 1.82) is 0 Å².